The molecule has 2 atom stereocenters. The third-order valence-electron chi connectivity index (χ3n) is 3.52. The Labute approximate surface area is 122 Å². The van der Waals surface area contributed by atoms with Crippen molar-refractivity contribution in [1.29, 1.82) is 0 Å². The fourth-order valence-electron chi connectivity index (χ4n) is 2.39. The minimum Gasteiger partial charge on any atom is -0.481 e. The molecule has 1 fully saturated rings. The average molecular weight is 322 g/mol. The van der Waals surface area contributed by atoms with Crippen molar-refractivity contribution in [1.82, 2.24) is 9.88 Å². The molecule has 1 aliphatic rings. The van der Waals surface area contributed by atoms with Crippen LogP contribution in [0.15, 0.2) is 5.51 Å². The minimum absolute atomic E-state index is 0.282. The largest absolute Gasteiger partial charge is 0.481 e. The van der Waals surface area contributed by atoms with E-state index in [2.05, 4.69) is 4.98 Å². The van der Waals surface area contributed by atoms with E-state index < -0.39 is 43.0 Å². The molecule has 9 heteroatoms. The van der Waals surface area contributed by atoms with Crippen molar-refractivity contribution in [2.24, 2.45) is 11.8 Å². The molecular formula is C12H13F3N2O3S. The Kier molecular flexibility index (Phi) is 4.22. The summed E-state index contributed by atoms with van der Waals surface area (Å²) < 4.78 is 38.7. The lowest BCUT2D eigenvalue weighted by Crippen LogP contribution is -2.34. The van der Waals surface area contributed by atoms with Gasteiger partial charge in [-0.25, -0.2) is 4.98 Å². The van der Waals surface area contributed by atoms with Crippen LogP contribution in [-0.4, -0.2) is 46.1 Å². The number of amides is 1. The molecule has 1 N–H and O–H groups in total. The van der Waals surface area contributed by atoms with Gasteiger partial charge < -0.3 is 10.0 Å². The molecule has 0 saturated carbocycles. The number of aryl methyl sites for hydroxylation is 1. The predicted molar refractivity (Wildman–Crippen MR) is 68.1 cm³/mol. The van der Waals surface area contributed by atoms with Gasteiger partial charge >= 0.3 is 12.1 Å². The number of alkyl halides is 3. The number of carbonyl (C=O) groups is 2. The summed E-state index contributed by atoms with van der Waals surface area (Å²) in [5.74, 6) is -5.76. The van der Waals surface area contributed by atoms with Crippen molar-refractivity contribution in [2.75, 3.05) is 13.1 Å². The summed E-state index contributed by atoms with van der Waals surface area (Å²) in [4.78, 5) is 28.5. The predicted octanol–water partition coefficient (Wildman–Crippen LogP) is 2.04. The zero-order chi connectivity index (χ0) is 15.8. The lowest BCUT2D eigenvalue weighted by molar-refractivity contribution is -0.187. The summed E-state index contributed by atoms with van der Waals surface area (Å²) >= 11 is 1.06. The molecule has 0 unspecified atom stereocenters. The van der Waals surface area contributed by atoms with Crippen LogP contribution in [0.4, 0.5) is 13.2 Å². The van der Waals surface area contributed by atoms with Gasteiger partial charge in [0.15, 0.2) is 0 Å². The SMILES string of the molecule is CCc1ncsc1C(=O)N1C[C@@H](C(F)(F)F)[C@H](C(=O)O)C1. The lowest BCUT2D eigenvalue weighted by Gasteiger charge is -2.18. The highest BCUT2D eigenvalue weighted by Crippen LogP contribution is 2.38. The second-order valence-corrected chi connectivity index (χ2v) is 5.64. The van der Waals surface area contributed by atoms with Crippen molar-refractivity contribution in [3.8, 4) is 0 Å². The van der Waals surface area contributed by atoms with Crippen molar-refractivity contribution >= 4 is 23.2 Å². The molecule has 1 aliphatic heterocycles. The van der Waals surface area contributed by atoms with Crippen molar-refractivity contribution in [3.05, 3.63) is 16.1 Å². The van der Waals surface area contributed by atoms with Crippen LogP contribution < -0.4 is 0 Å². The summed E-state index contributed by atoms with van der Waals surface area (Å²) in [6.07, 6.45) is -4.15. The molecule has 2 rings (SSSR count). The number of halogens is 3. The van der Waals surface area contributed by atoms with Crippen LogP contribution in [0.5, 0.6) is 0 Å². The monoisotopic (exact) mass is 322 g/mol. The minimum atomic E-state index is -4.64. The number of carboxylic acid groups (broad SMARTS) is 1. The summed E-state index contributed by atoms with van der Waals surface area (Å²) in [6.45, 7) is 0.730. The fourth-order valence-corrected chi connectivity index (χ4v) is 3.24. The lowest BCUT2D eigenvalue weighted by atomic mass is 9.96. The van der Waals surface area contributed by atoms with Crippen molar-refractivity contribution in [3.63, 3.8) is 0 Å². The van der Waals surface area contributed by atoms with E-state index in [4.69, 9.17) is 5.11 Å². The number of rotatable bonds is 3. The third-order valence-corrected chi connectivity index (χ3v) is 4.37. The number of likely N-dealkylation sites (tertiary alicyclic amines) is 1. The Morgan fingerprint density at radius 2 is 2.14 bits per heavy atom. The van der Waals surface area contributed by atoms with Gasteiger partial charge in [0.25, 0.3) is 5.91 Å². The maximum atomic E-state index is 12.9. The van der Waals surface area contributed by atoms with Crippen LogP contribution >= 0.6 is 11.3 Å². The first-order valence-corrected chi connectivity index (χ1v) is 7.14. The van der Waals surface area contributed by atoms with Gasteiger partial charge in [0.05, 0.1) is 23.0 Å². The van der Waals surface area contributed by atoms with Crippen LogP contribution in [0.2, 0.25) is 0 Å². The third kappa shape index (κ3) is 3.02. The second-order valence-electron chi connectivity index (χ2n) is 4.78. The first-order valence-electron chi connectivity index (χ1n) is 6.26. The van der Waals surface area contributed by atoms with E-state index in [0.29, 0.717) is 12.1 Å². The summed E-state index contributed by atoms with van der Waals surface area (Å²) in [5.41, 5.74) is 1.98. The number of hydrogen-bond donors (Lipinski definition) is 1. The molecule has 21 heavy (non-hydrogen) atoms. The van der Waals surface area contributed by atoms with Gasteiger partial charge in [-0.05, 0) is 6.42 Å². The zero-order valence-corrected chi connectivity index (χ0v) is 11.9. The number of thiazole rings is 1. The molecule has 1 saturated heterocycles. The zero-order valence-electron chi connectivity index (χ0n) is 11.1. The molecule has 0 aliphatic carbocycles. The van der Waals surface area contributed by atoms with E-state index in [1.54, 1.807) is 6.92 Å². The highest BCUT2D eigenvalue weighted by atomic mass is 32.1. The summed E-state index contributed by atoms with van der Waals surface area (Å²) in [7, 11) is 0. The highest BCUT2D eigenvalue weighted by molar-refractivity contribution is 7.11. The maximum absolute atomic E-state index is 12.9. The number of carboxylic acids is 1. The van der Waals surface area contributed by atoms with Gasteiger partial charge in [-0.15, -0.1) is 11.3 Å². The van der Waals surface area contributed by atoms with Crippen LogP contribution in [0.3, 0.4) is 0 Å². The van der Waals surface area contributed by atoms with Crippen LogP contribution in [0.25, 0.3) is 0 Å². The number of aliphatic carboxylic acids is 1. The molecule has 1 amide bonds. The first-order chi connectivity index (χ1) is 9.75. The smallest absolute Gasteiger partial charge is 0.394 e. The Bertz CT molecular complexity index is 558. The normalized spacial score (nSPS) is 22.6. The molecule has 1 aromatic rings. The molecule has 1 aromatic heterocycles. The number of nitrogens with zero attached hydrogens (tertiary/aromatic N) is 2. The van der Waals surface area contributed by atoms with Gasteiger partial charge in [0, 0.05) is 13.1 Å². The molecule has 0 radical (unpaired) electrons. The molecule has 0 aromatic carbocycles. The van der Waals surface area contributed by atoms with Gasteiger partial charge in [0.2, 0.25) is 0 Å². The molecular weight excluding hydrogens is 309 g/mol. The number of carbonyl (C=O) groups excluding carboxylic acids is 1. The Balaban J connectivity index is 2.23. The Morgan fingerprint density at radius 1 is 1.48 bits per heavy atom. The van der Waals surface area contributed by atoms with Gasteiger partial charge in [-0.3, -0.25) is 9.59 Å². The maximum Gasteiger partial charge on any atom is 0.394 e. The van der Waals surface area contributed by atoms with E-state index in [0.717, 1.165) is 16.2 Å². The average Bonchev–Trinajstić information content (AvgIpc) is 3.03. The Morgan fingerprint density at radius 3 is 2.62 bits per heavy atom. The van der Waals surface area contributed by atoms with Crippen molar-refractivity contribution in [2.45, 2.75) is 19.5 Å². The van der Waals surface area contributed by atoms with Crippen LogP contribution in [0.1, 0.15) is 22.3 Å². The van der Waals surface area contributed by atoms with Gasteiger partial charge in [-0.1, -0.05) is 6.92 Å². The van der Waals surface area contributed by atoms with E-state index in [1.165, 1.54) is 5.51 Å². The van der Waals surface area contributed by atoms with Crippen molar-refractivity contribution < 1.29 is 27.9 Å². The molecule has 0 spiro atoms. The van der Waals surface area contributed by atoms with Gasteiger partial charge in [-0.2, -0.15) is 13.2 Å². The van der Waals surface area contributed by atoms with E-state index in [-0.39, 0.29) is 4.88 Å². The molecule has 5 nitrogen and oxygen atoms in total. The fraction of sp³-hybridized carbons (Fsp3) is 0.583. The standard InChI is InChI=1S/C12H13F3N2O3S/c1-2-8-9(21-5-16-8)10(18)17-3-6(11(19)20)7(4-17)12(13,14)15/h5-7H,2-4H2,1H3,(H,19,20)/t6-,7-/m1/s1. The topological polar surface area (TPSA) is 70.5 Å². The van der Waals surface area contributed by atoms with Crippen LogP contribution in [0, 0.1) is 11.8 Å². The second kappa shape index (κ2) is 5.63. The summed E-state index contributed by atoms with van der Waals surface area (Å²) in [5, 5.41) is 8.93. The Hall–Kier alpha value is -1.64. The molecule has 0 bridgehead atoms. The van der Waals surface area contributed by atoms with E-state index in [1.807, 2.05) is 0 Å². The first kappa shape index (κ1) is 15.7. The quantitative estimate of drug-likeness (QED) is 0.924. The molecule has 116 valence electrons. The summed E-state index contributed by atoms with van der Waals surface area (Å²) in [6, 6.07) is 0. The van der Waals surface area contributed by atoms with E-state index >= 15 is 0 Å². The number of aromatic nitrogens is 1. The molecule has 2 heterocycles. The highest BCUT2D eigenvalue weighted by Gasteiger charge is 2.53. The van der Waals surface area contributed by atoms with E-state index in [9.17, 15) is 22.8 Å². The van der Waals surface area contributed by atoms with Gasteiger partial charge in [0.1, 0.15) is 4.88 Å². The number of hydrogen-bond acceptors (Lipinski definition) is 4. The van der Waals surface area contributed by atoms with Crippen LogP contribution in [-0.2, 0) is 11.2 Å².